The van der Waals surface area contributed by atoms with E-state index in [9.17, 15) is 9.59 Å². The van der Waals surface area contributed by atoms with Crippen molar-refractivity contribution in [3.63, 3.8) is 0 Å². The minimum Gasteiger partial charge on any atom is -0.457 e. The molecule has 0 saturated heterocycles. The van der Waals surface area contributed by atoms with E-state index in [-0.39, 0.29) is 17.1 Å². The van der Waals surface area contributed by atoms with Crippen molar-refractivity contribution in [3.05, 3.63) is 121 Å². The summed E-state index contributed by atoms with van der Waals surface area (Å²) >= 11 is 8.92. The van der Waals surface area contributed by atoms with Crippen LogP contribution < -0.4 is 4.74 Å². The second-order valence-electron chi connectivity index (χ2n) is 8.21. The minimum absolute atomic E-state index is 0.00418. The highest BCUT2D eigenvalue weighted by Crippen LogP contribution is 2.48. The van der Waals surface area contributed by atoms with Crippen LogP contribution in [0.5, 0.6) is 11.5 Å². The van der Waals surface area contributed by atoms with Crippen molar-refractivity contribution < 1.29 is 14.3 Å². The van der Waals surface area contributed by atoms with Gasteiger partial charge < -0.3 is 9.64 Å². The first-order chi connectivity index (χ1) is 17.1. The molecule has 0 N–H and O–H groups in total. The predicted octanol–water partition coefficient (Wildman–Crippen LogP) is 7.82. The molecule has 0 saturated carbocycles. The highest BCUT2D eigenvalue weighted by atomic mass is 35.5. The van der Waals surface area contributed by atoms with Gasteiger partial charge in [-0.3, -0.25) is 9.59 Å². The highest BCUT2D eigenvalue weighted by Gasteiger charge is 2.40. The smallest absolute Gasteiger partial charge is 0.255 e. The number of carbonyl (C=O) groups is 2. The van der Waals surface area contributed by atoms with Gasteiger partial charge in [-0.2, -0.15) is 0 Å². The number of allylic oxidation sites excluding steroid dienone is 1. The fourth-order valence-electron chi connectivity index (χ4n) is 4.30. The maximum atomic E-state index is 13.6. The van der Waals surface area contributed by atoms with Gasteiger partial charge in [0.25, 0.3) is 5.91 Å². The van der Waals surface area contributed by atoms with Crippen LogP contribution in [0.25, 0.3) is 6.08 Å². The Kier molecular flexibility index (Phi) is 5.72. The Hall–Kier alpha value is -3.32. The second kappa shape index (κ2) is 9.04. The first-order valence-corrected chi connectivity index (χ1v) is 13.1. The minimum atomic E-state index is -0.252. The number of halogens is 1. The number of Topliss-reactive ketones (excluding diaryl/α,β-unsaturated/α-hetero) is 1. The molecule has 4 aromatic rings. The number of amides is 1. The zero-order valence-corrected chi connectivity index (χ0v) is 20.7. The molecule has 0 unspecified atom stereocenters. The van der Waals surface area contributed by atoms with Crippen LogP contribution >= 0.6 is 34.7 Å². The van der Waals surface area contributed by atoms with E-state index in [0.29, 0.717) is 39.1 Å². The standard InChI is InChI=1S/C28H18ClNO3S2/c29-18-8-10-19(11-9-18)33-20-5-3-4-17(14-20)15-24-26(31)23-12-13-34-25(23)16-30-27(32)21-6-1-2-7-22(21)28(30)35-24/h1-15,28H,16H2/b24-15-/t28-/m0/s1. The van der Waals surface area contributed by atoms with E-state index in [4.69, 9.17) is 16.3 Å². The zero-order valence-electron chi connectivity index (χ0n) is 18.3. The molecule has 3 heterocycles. The molecule has 2 aliphatic heterocycles. The van der Waals surface area contributed by atoms with Crippen molar-refractivity contribution in [2.75, 3.05) is 0 Å². The quantitative estimate of drug-likeness (QED) is 0.261. The number of hydrogen-bond donors (Lipinski definition) is 0. The number of ether oxygens (including phenoxy) is 1. The molecule has 172 valence electrons. The lowest BCUT2D eigenvalue weighted by Gasteiger charge is -2.28. The van der Waals surface area contributed by atoms with Crippen LogP contribution in [0.4, 0.5) is 0 Å². The van der Waals surface area contributed by atoms with Crippen LogP contribution in [-0.2, 0) is 6.54 Å². The van der Waals surface area contributed by atoms with E-state index >= 15 is 0 Å². The largest absolute Gasteiger partial charge is 0.457 e. The van der Waals surface area contributed by atoms with Gasteiger partial charge in [0.2, 0.25) is 5.78 Å². The van der Waals surface area contributed by atoms with E-state index < -0.39 is 0 Å². The summed E-state index contributed by atoms with van der Waals surface area (Å²) in [5.74, 6) is 1.32. The van der Waals surface area contributed by atoms with E-state index in [1.54, 1.807) is 12.1 Å². The number of nitrogens with zero attached hydrogens (tertiary/aromatic N) is 1. The molecule has 35 heavy (non-hydrogen) atoms. The summed E-state index contributed by atoms with van der Waals surface area (Å²) in [5.41, 5.74) is 3.15. The summed E-state index contributed by atoms with van der Waals surface area (Å²) in [7, 11) is 0. The Labute approximate surface area is 215 Å². The summed E-state index contributed by atoms with van der Waals surface area (Å²) in [5, 5.41) is 2.31. The van der Waals surface area contributed by atoms with Crippen molar-refractivity contribution >= 4 is 52.5 Å². The molecule has 0 spiro atoms. The maximum absolute atomic E-state index is 13.6. The Morgan fingerprint density at radius 1 is 0.914 bits per heavy atom. The van der Waals surface area contributed by atoms with Crippen LogP contribution in [-0.4, -0.2) is 16.6 Å². The van der Waals surface area contributed by atoms with Gasteiger partial charge in [0.15, 0.2) is 0 Å². The lowest BCUT2D eigenvalue weighted by molar-refractivity contribution is 0.0760. The van der Waals surface area contributed by atoms with Gasteiger partial charge in [-0.15, -0.1) is 11.3 Å². The number of thiophene rings is 1. The van der Waals surface area contributed by atoms with Gasteiger partial charge >= 0.3 is 0 Å². The van der Waals surface area contributed by atoms with Crippen LogP contribution in [0.2, 0.25) is 5.02 Å². The number of carbonyl (C=O) groups excluding carboxylic acids is 2. The summed E-state index contributed by atoms with van der Waals surface area (Å²) < 4.78 is 5.98. The Morgan fingerprint density at radius 3 is 2.60 bits per heavy atom. The van der Waals surface area contributed by atoms with Crippen LogP contribution in [0.15, 0.2) is 89.1 Å². The molecule has 6 rings (SSSR count). The van der Waals surface area contributed by atoms with Gasteiger partial charge in [-0.05, 0) is 71.1 Å². The van der Waals surface area contributed by atoms with Crippen molar-refractivity contribution in [2.24, 2.45) is 0 Å². The molecule has 2 aliphatic rings. The molecule has 7 heteroatoms. The SMILES string of the molecule is O=C1/C(=C/c2cccc(Oc3ccc(Cl)cc3)c2)S[C@H]2c3ccccc3C(=O)N2Cc2sccc21. The molecule has 3 aromatic carbocycles. The third kappa shape index (κ3) is 4.18. The Morgan fingerprint density at radius 2 is 1.74 bits per heavy atom. The van der Waals surface area contributed by atoms with E-state index in [1.807, 2.05) is 83.1 Å². The van der Waals surface area contributed by atoms with E-state index in [1.165, 1.54) is 23.1 Å². The third-order valence-electron chi connectivity index (χ3n) is 5.97. The number of ketones is 1. The monoisotopic (exact) mass is 515 g/mol. The maximum Gasteiger partial charge on any atom is 0.255 e. The van der Waals surface area contributed by atoms with Crippen molar-refractivity contribution in [1.82, 2.24) is 4.90 Å². The van der Waals surface area contributed by atoms with Crippen molar-refractivity contribution in [2.45, 2.75) is 11.9 Å². The first kappa shape index (κ1) is 22.2. The highest BCUT2D eigenvalue weighted by molar-refractivity contribution is 8.04. The number of benzene rings is 3. The molecular weight excluding hydrogens is 498 g/mol. The number of thioether (sulfide) groups is 1. The van der Waals surface area contributed by atoms with Crippen LogP contribution in [0.3, 0.4) is 0 Å². The van der Waals surface area contributed by atoms with Crippen molar-refractivity contribution in [3.8, 4) is 11.5 Å². The van der Waals surface area contributed by atoms with Gasteiger partial charge in [-0.1, -0.05) is 53.7 Å². The van der Waals surface area contributed by atoms with Gasteiger partial charge in [0.1, 0.15) is 16.9 Å². The first-order valence-electron chi connectivity index (χ1n) is 11.0. The molecule has 1 amide bonds. The zero-order chi connectivity index (χ0) is 23.9. The number of hydrogen-bond acceptors (Lipinski definition) is 5. The fraction of sp³-hybridized carbons (Fsp3) is 0.0714. The lowest BCUT2D eigenvalue weighted by atomic mass is 10.1. The molecule has 0 fully saturated rings. The molecule has 1 atom stereocenters. The second-order valence-corrected chi connectivity index (χ2v) is 10.8. The molecule has 1 aromatic heterocycles. The Bertz CT molecular complexity index is 1490. The molecule has 4 nitrogen and oxygen atoms in total. The lowest BCUT2D eigenvalue weighted by Crippen LogP contribution is -2.28. The average molecular weight is 516 g/mol. The van der Waals surface area contributed by atoms with Gasteiger partial charge in [-0.25, -0.2) is 0 Å². The van der Waals surface area contributed by atoms with Gasteiger partial charge in [0, 0.05) is 21.0 Å². The van der Waals surface area contributed by atoms with Gasteiger partial charge in [0.05, 0.1) is 11.4 Å². The Balaban J connectivity index is 1.39. The normalized spacial score (nSPS) is 18.0. The third-order valence-corrected chi connectivity index (χ3v) is 8.42. The molecule has 0 bridgehead atoms. The summed E-state index contributed by atoms with van der Waals surface area (Å²) in [6.07, 6.45) is 1.89. The van der Waals surface area contributed by atoms with Crippen LogP contribution in [0, 0.1) is 0 Å². The molecular formula is C28H18ClNO3S2. The molecule has 0 radical (unpaired) electrons. The molecule has 0 aliphatic carbocycles. The van der Waals surface area contributed by atoms with E-state index in [2.05, 4.69) is 0 Å². The van der Waals surface area contributed by atoms with Crippen LogP contribution in [0.1, 0.15) is 42.1 Å². The average Bonchev–Trinajstić information content (AvgIpc) is 3.43. The predicted molar refractivity (Wildman–Crippen MR) is 141 cm³/mol. The van der Waals surface area contributed by atoms with Crippen molar-refractivity contribution in [1.29, 1.82) is 0 Å². The summed E-state index contributed by atoms with van der Waals surface area (Å²) in [6, 6.07) is 24.3. The van der Waals surface area contributed by atoms with E-state index in [0.717, 1.165) is 16.0 Å². The number of fused-ring (bicyclic) bond motifs is 4. The summed E-state index contributed by atoms with van der Waals surface area (Å²) in [6.45, 7) is 0.432. The fourth-order valence-corrected chi connectivity index (χ4v) is 6.59. The topological polar surface area (TPSA) is 46.6 Å². The summed E-state index contributed by atoms with van der Waals surface area (Å²) in [4.78, 5) is 30.2. The number of rotatable bonds is 3.